The van der Waals surface area contributed by atoms with Crippen LogP contribution >= 0.6 is 0 Å². The number of sulfonamides is 1. The van der Waals surface area contributed by atoms with Gasteiger partial charge in [-0.2, -0.15) is 5.26 Å². The quantitative estimate of drug-likeness (QED) is 0.678. The number of nitrogens with one attached hydrogen (secondary N) is 2. The van der Waals surface area contributed by atoms with E-state index < -0.39 is 10.0 Å². The van der Waals surface area contributed by atoms with E-state index in [1.807, 2.05) is 0 Å². The lowest BCUT2D eigenvalue weighted by Gasteiger charge is -2.27. The summed E-state index contributed by atoms with van der Waals surface area (Å²) in [6.07, 6.45) is 5.38. The van der Waals surface area contributed by atoms with E-state index in [4.69, 9.17) is 5.26 Å². The van der Waals surface area contributed by atoms with Gasteiger partial charge in [0.15, 0.2) is 0 Å². The predicted octanol–water partition coefficient (Wildman–Crippen LogP) is 0.208. The number of nitrogens with zero attached hydrogens (tertiary/aromatic N) is 1. The molecule has 0 amide bonds. The van der Waals surface area contributed by atoms with Crippen molar-refractivity contribution in [2.24, 2.45) is 5.92 Å². The Morgan fingerprint density at radius 2 is 2.00 bits per heavy atom. The molecule has 1 saturated carbocycles. The van der Waals surface area contributed by atoms with Crippen LogP contribution in [0, 0.1) is 17.2 Å². The molecule has 0 aromatic rings. The molecule has 0 spiro atoms. The minimum atomic E-state index is -3.10. The molecule has 0 bridgehead atoms. The molecule has 2 unspecified atom stereocenters. The molecule has 0 heterocycles. The summed E-state index contributed by atoms with van der Waals surface area (Å²) in [5, 5.41) is 12.2. The average molecular weight is 245 g/mol. The fraction of sp³-hybridized carbons (Fsp3) is 0.900. The minimum Gasteiger partial charge on any atom is -0.311 e. The van der Waals surface area contributed by atoms with Crippen LogP contribution in [0.1, 0.15) is 25.7 Å². The van der Waals surface area contributed by atoms with Crippen LogP contribution in [0.25, 0.3) is 0 Å². The van der Waals surface area contributed by atoms with Crippen LogP contribution in [0.3, 0.4) is 0 Å². The van der Waals surface area contributed by atoms with E-state index in [0.29, 0.717) is 13.1 Å². The normalized spacial score (nSPS) is 26.2. The Hall–Kier alpha value is -0.640. The lowest BCUT2D eigenvalue weighted by molar-refractivity contribution is 0.314. The van der Waals surface area contributed by atoms with Crippen LogP contribution in [0.15, 0.2) is 0 Å². The van der Waals surface area contributed by atoms with E-state index in [2.05, 4.69) is 16.1 Å². The summed E-state index contributed by atoms with van der Waals surface area (Å²) >= 11 is 0. The topological polar surface area (TPSA) is 82.0 Å². The van der Waals surface area contributed by atoms with Crippen molar-refractivity contribution in [3.05, 3.63) is 0 Å². The third-order valence-electron chi connectivity index (χ3n) is 2.83. The molecule has 5 nitrogen and oxygen atoms in total. The lowest BCUT2D eigenvalue weighted by atomic mass is 9.85. The summed E-state index contributed by atoms with van der Waals surface area (Å²) in [4.78, 5) is 0. The second-order valence-electron chi connectivity index (χ2n) is 4.25. The van der Waals surface area contributed by atoms with Gasteiger partial charge in [-0.3, -0.25) is 0 Å². The number of nitriles is 1. The van der Waals surface area contributed by atoms with Gasteiger partial charge in [-0.1, -0.05) is 12.8 Å². The molecule has 0 aromatic heterocycles. The van der Waals surface area contributed by atoms with Crippen LogP contribution in [-0.2, 0) is 10.0 Å². The van der Waals surface area contributed by atoms with Crippen LogP contribution < -0.4 is 10.0 Å². The fourth-order valence-electron chi connectivity index (χ4n) is 2.02. The Bertz CT molecular complexity index is 348. The summed E-state index contributed by atoms with van der Waals surface area (Å²) in [6.45, 7) is 0.962. The molecule has 0 aromatic carbocycles. The molecular formula is C10H19N3O2S. The Balaban J connectivity index is 2.24. The molecular weight excluding hydrogens is 226 g/mol. The predicted molar refractivity (Wildman–Crippen MR) is 62.2 cm³/mol. The van der Waals surface area contributed by atoms with Gasteiger partial charge >= 0.3 is 0 Å². The Kier molecular flexibility index (Phi) is 5.19. The lowest BCUT2D eigenvalue weighted by Crippen LogP contribution is -2.41. The van der Waals surface area contributed by atoms with Crippen LogP contribution in [0.4, 0.5) is 0 Å². The maximum Gasteiger partial charge on any atom is 0.208 e. The van der Waals surface area contributed by atoms with Gasteiger partial charge in [-0.25, -0.2) is 13.1 Å². The first-order valence-corrected chi connectivity index (χ1v) is 7.50. The first-order chi connectivity index (χ1) is 7.53. The molecule has 16 heavy (non-hydrogen) atoms. The van der Waals surface area contributed by atoms with E-state index in [0.717, 1.165) is 31.9 Å². The highest BCUT2D eigenvalue weighted by Gasteiger charge is 2.23. The molecule has 6 heteroatoms. The van der Waals surface area contributed by atoms with Gasteiger partial charge < -0.3 is 5.32 Å². The summed E-state index contributed by atoms with van der Waals surface area (Å²) in [5.41, 5.74) is 0. The van der Waals surface area contributed by atoms with E-state index in [1.54, 1.807) is 0 Å². The molecule has 0 saturated heterocycles. The van der Waals surface area contributed by atoms with Crippen molar-refractivity contribution < 1.29 is 8.42 Å². The molecule has 2 N–H and O–H groups in total. The van der Waals surface area contributed by atoms with Crippen molar-refractivity contribution in [1.29, 1.82) is 5.26 Å². The zero-order valence-corrected chi connectivity index (χ0v) is 10.4. The van der Waals surface area contributed by atoms with Gasteiger partial charge in [-0.05, 0) is 12.8 Å². The van der Waals surface area contributed by atoms with Crippen LogP contribution in [0.5, 0.6) is 0 Å². The van der Waals surface area contributed by atoms with Gasteiger partial charge in [-0.15, -0.1) is 0 Å². The molecule has 1 aliphatic carbocycles. The van der Waals surface area contributed by atoms with Gasteiger partial charge in [0.05, 0.1) is 18.2 Å². The minimum absolute atomic E-state index is 0.0759. The fourth-order valence-corrected chi connectivity index (χ4v) is 2.50. The smallest absolute Gasteiger partial charge is 0.208 e. The maximum atomic E-state index is 10.8. The average Bonchev–Trinajstić information content (AvgIpc) is 2.23. The van der Waals surface area contributed by atoms with E-state index in [1.165, 1.54) is 0 Å². The van der Waals surface area contributed by atoms with Crippen molar-refractivity contribution in [2.45, 2.75) is 31.7 Å². The zero-order valence-electron chi connectivity index (χ0n) is 9.57. The summed E-state index contributed by atoms with van der Waals surface area (Å²) in [5.74, 6) is 0.0759. The highest BCUT2D eigenvalue weighted by Crippen LogP contribution is 2.23. The van der Waals surface area contributed by atoms with Gasteiger partial charge in [0.1, 0.15) is 0 Å². The SMILES string of the molecule is CS(=O)(=O)NCCNC1CCCCC1C#N. The first kappa shape index (κ1) is 13.4. The van der Waals surface area contributed by atoms with E-state index in [9.17, 15) is 8.42 Å². The summed E-state index contributed by atoms with van der Waals surface area (Å²) in [6, 6.07) is 2.53. The monoisotopic (exact) mass is 245 g/mol. The molecule has 1 fully saturated rings. The largest absolute Gasteiger partial charge is 0.311 e. The molecule has 1 aliphatic rings. The van der Waals surface area contributed by atoms with Crippen LogP contribution in [0.2, 0.25) is 0 Å². The third kappa shape index (κ3) is 4.92. The standard InChI is InChI=1S/C10H19N3O2S/c1-16(14,15)13-7-6-12-10-5-3-2-4-9(10)8-11/h9-10,12-13H,2-7H2,1H3. The molecule has 1 rings (SSSR count). The maximum absolute atomic E-state index is 10.8. The zero-order chi connectivity index (χ0) is 12.0. The Labute approximate surface area is 97.3 Å². The first-order valence-electron chi connectivity index (χ1n) is 5.60. The second-order valence-corrected chi connectivity index (χ2v) is 6.08. The molecule has 2 atom stereocenters. The van der Waals surface area contributed by atoms with Crippen LogP contribution in [-0.4, -0.2) is 33.8 Å². The van der Waals surface area contributed by atoms with Crippen molar-refractivity contribution in [2.75, 3.05) is 19.3 Å². The summed E-state index contributed by atoms with van der Waals surface area (Å²) < 4.78 is 24.0. The number of rotatable bonds is 5. The Morgan fingerprint density at radius 1 is 1.31 bits per heavy atom. The third-order valence-corrected chi connectivity index (χ3v) is 3.56. The number of hydrogen-bond acceptors (Lipinski definition) is 4. The van der Waals surface area contributed by atoms with E-state index >= 15 is 0 Å². The number of hydrogen-bond donors (Lipinski definition) is 2. The van der Waals surface area contributed by atoms with Gasteiger partial charge in [0.2, 0.25) is 10.0 Å². The van der Waals surface area contributed by atoms with Gasteiger partial charge in [0, 0.05) is 19.1 Å². The van der Waals surface area contributed by atoms with Gasteiger partial charge in [0.25, 0.3) is 0 Å². The second kappa shape index (κ2) is 6.18. The molecule has 0 radical (unpaired) electrons. The highest BCUT2D eigenvalue weighted by molar-refractivity contribution is 7.88. The van der Waals surface area contributed by atoms with Crippen molar-refractivity contribution >= 4 is 10.0 Å². The summed E-state index contributed by atoms with van der Waals surface area (Å²) in [7, 11) is -3.10. The van der Waals surface area contributed by atoms with E-state index in [-0.39, 0.29) is 12.0 Å². The molecule has 92 valence electrons. The Morgan fingerprint density at radius 3 is 2.62 bits per heavy atom. The molecule has 0 aliphatic heterocycles. The highest BCUT2D eigenvalue weighted by atomic mass is 32.2. The van der Waals surface area contributed by atoms with Crippen molar-refractivity contribution in [3.8, 4) is 6.07 Å². The van der Waals surface area contributed by atoms with Crippen molar-refractivity contribution in [3.63, 3.8) is 0 Å². The van der Waals surface area contributed by atoms with Crippen molar-refractivity contribution in [1.82, 2.24) is 10.0 Å².